The van der Waals surface area contributed by atoms with Crippen molar-refractivity contribution in [3.63, 3.8) is 0 Å². The van der Waals surface area contributed by atoms with Crippen LogP contribution in [-0.4, -0.2) is 63.3 Å². The van der Waals surface area contributed by atoms with Crippen LogP contribution in [0.4, 0.5) is 4.79 Å². The van der Waals surface area contributed by atoms with Crippen LogP contribution in [-0.2, 0) is 30.6 Å². The Morgan fingerprint density at radius 3 is 2.11 bits per heavy atom. The van der Waals surface area contributed by atoms with E-state index in [4.69, 9.17) is 0 Å². The highest BCUT2D eigenvalue weighted by Crippen LogP contribution is 2.32. The lowest BCUT2D eigenvalue weighted by Crippen LogP contribution is -2.44. The summed E-state index contributed by atoms with van der Waals surface area (Å²) in [6, 6.07) is 36.9. The van der Waals surface area contributed by atoms with Gasteiger partial charge in [0.2, 0.25) is 5.91 Å². The summed E-state index contributed by atoms with van der Waals surface area (Å²) >= 11 is 0. The van der Waals surface area contributed by atoms with Crippen LogP contribution in [0.2, 0.25) is 0 Å². The highest BCUT2D eigenvalue weighted by Gasteiger charge is 2.39. The van der Waals surface area contributed by atoms with Crippen molar-refractivity contribution >= 4 is 11.9 Å². The highest BCUT2D eigenvalue weighted by molar-refractivity contribution is 5.80. The van der Waals surface area contributed by atoms with Gasteiger partial charge in [-0.25, -0.2) is 4.79 Å². The van der Waals surface area contributed by atoms with Gasteiger partial charge >= 0.3 is 6.03 Å². The predicted molar refractivity (Wildman–Crippen MR) is 174 cm³/mol. The summed E-state index contributed by atoms with van der Waals surface area (Å²) in [7, 11) is 0. The molecule has 0 spiro atoms. The highest BCUT2D eigenvalue weighted by atomic mass is 16.3. The fourth-order valence-corrected chi connectivity index (χ4v) is 6.82. The zero-order valence-corrected chi connectivity index (χ0v) is 25.4. The molecule has 7 heteroatoms. The first-order valence-corrected chi connectivity index (χ1v) is 15.9. The van der Waals surface area contributed by atoms with Crippen LogP contribution < -0.4 is 5.32 Å². The molecule has 45 heavy (non-hydrogen) atoms. The van der Waals surface area contributed by atoms with E-state index in [-0.39, 0.29) is 30.9 Å². The summed E-state index contributed by atoms with van der Waals surface area (Å²) in [6.45, 7) is 1.19. The fraction of sp³-hybridized carbons (Fsp3) is 0.316. The Hall–Kier alpha value is -4.46. The van der Waals surface area contributed by atoms with Crippen molar-refractivity contribution in [1.82, 2.24) is 15.1 Å². The molecule has 6 rings (SSSR count). The van der Waals surface area contributed by atoms with Crippen molar-refractivity contribution in [3.05, 3.63) is 143 Å². The molecule has 232 valence electrons. The first-order chi connectivity index (χ1) is 21.9. The molecule has 1 aliphatic heterocycles. The van der Waals surface area contributed by atoms with Gasteiger partial charge in [0.15, 0.2) is 0 Å². The number of aliphatic hydroxyl groups excluding tert-OH is 2. The van der Waals surface area contributed by atoms with Gasteiger partial charge in [0.25, 0.3) is 0 Å². The molecule has 2 aliphatic rings. The number of carbonyl (C=O) groups is 2. The number of hydrogen-bond donors (Lipinski definition) is 3. The van der Waals surface area contributed by atoms with Crippen molar-refractivity contribution in [2.45, 2.75) is 56.5 Å². The molecule has 3 amide bonds. The fourth-order valence-electron chi connectivity index (χ4n) is 6.82. The molecule has 4 aromatic carbocycles. The lowest BCUT2D eigenvalue weighted by atomic mass is 9.91. The number of urea groups is 1. The van der Waals surface area contributed by atoms with Gasteiger partial charge in [0.1, 0.15) is 0 Å². The molecule has 0 radical (unpaired) electrons. The average molecular weight is 604 g/mol. The molecule has 0 unspecified atom stereocenters. The van der Waals surface area contributed by atoms with Crippen molar-refractivity contribution in [1.29, 1.82) is 0 Å². The molecule has 1 fully saturated rings. The number of hydrogen-bond acceptors (Lipinski definition) is 4. The molecular weight excluding hydrogens is 562 g/mol. The summed E-state index contributed by atoms with van der Waals surface area (Å²) in [6.07, 6.45) is 0.181. The zero-order chi connectivity index (χ0) is 31.2. The maximum Gasteiger partial charge on any atom is 0.320 e. The first-order valence-electron chi connectivity index (χ1n) is 15.9. The van der Waals surface area contributed by atoms with Gasteiger partial charge in [-0.1, -0.05) is 115 Å². The van der Waals surface area contributed by atoms with E-state index in [0.717, 1.165) is 27.8 Å². The number of nitrogens with zero attached hydrogens (tertiary/aromatic N) is 2. The maximum absolute atomic E-state index is 13.8. The Morgan fingerprint density at radius 2 is 1.42 bits per heavy atom. The van der Waals surface area contributed by atoms with Crippen molar-refractivity contribution in [3.8, 4) is 0 Å². The lowest BCUT2D eigenvalue weighted by Gasteiger charge is -2.28. The Bertz CT molecular complexity index is 1570. The Morgan fingerprint density at radius 1 is 0.822 bits per heavy atom. The number of fused-ring (bicyclic) bond motifs is 1. The quantitative estimate of drug-likeness (QED) is 0.214. The van der Waals surface area contributed by atoms with Gasteiger partial charge in [-0.3, -0.25) is 4.79 Å². The van der Waals surface area contributed by atoms with Gasteiger partial charge < -0.3 is 25.3 Å². The monoisotopic (exact) mass is 603 g/mol. The van der Waals surface area contributed by atoms with E-state index in [9.17, 15) is 19.8 Å². The minimum absolute atomic E-state index is 0.103. The molecule has 0 bridgehead atoms. The minimum atomic E-state index is -0.913. The summed E-state index contributed by atoms with van der Waals surface area (Å²) in [5.74, 6) is -0.758. The summed E-state index contributed by atoms with van der Waals surface area (Å²) < 4.78 is 0. The van der Waals surface area contributed by atoms with Crippen LogP contribution in [0.25, 0.3) is 0 Å². The smallest absolute Gasteiger partial charge is 0.320 e. The maximum atomic E-state index is 13.8. The van der Waals surface area contributed by atoms with Crippen LogP contribution in [0.5, 0.6) is 0 Å². The van der Waals surface area contributed by atoms with Crippen LogP contribution in [0, 0.1) is 5.92 Å². The molecule has 7 nitrogen and oxygen atoms in total. The second-order valence-electron chi connectivity index (χ2n) is 12.4. The Kier molecular flexibility index (Phi) is 9.58. The molecule has 1 heterocycles. The van der Waals surface area contributed by atoms with Crippen LogP contribution in [0.3, 0.4) is 0 Å². The molecule has 1 saturated heterocycles. The first kappa shape index (κ1) is 30.6. The van der Waals surface area contributed by atoms with Crippen LogP contribution in [0.15, 0.2) is 115 Å². The van der Waals surface area contributed by atoms with Gasteiger partial charge in [0, 0.05) is 32.0 Å². The molecular formula is C38H41N3O4. The SMILES string of the molecule is O=C(N[C@H]1c2ccccc2C[C@H]1O)[C@@H](Cc1ccccc1)C[C@H](O)CN1C(=O)N(Cc2ccccc2)C[C@@H]1Cc1ccccc1. The van der Waals surface area contributed by atoms with Crippen LogP contribution >= 0.6 is 0 Å². The summed E-state index contributed by atoms with van der Waals surface area (Å²) in [5, 5.41) is 25.4. The standard InChI is InChI=1S/C38H41N3O4/c42-33(26-41-32(21-28-14-6-2-7-15-28)25-40(38(41)45)24-29-16-8-3-9-17-29)22-31(20-27-12-4-1-5-13-27)37(44)39-36-34-19-11-10-18-30(34)23-35(36)43/h1-19,31-33,35-36,42-43H,20-26H2,(H,39,44)/t31-,32-,33-,35+,36-/m0/s1. The van der Waals surface area contributed by atoms with E-state index < -0.39 is 24.2 Å². The molecule has 3 N–H and O–H groups in total. The third kappa shape index (κ3) is 7.44. The molecule has 0 aromatic heterocycles. The van der Waals surface area contributed by atoms with Crippen molar-refractivity contribution in [2.75, 3.05) is 13.1 Å². The summed E-state index contributed by atoms with van der Waals surface area (Å²) in [4.78, 5) is 31.2. The molecule has 4 aromatic rings. The number of nitrogens with one attached hydrogen (secondary N) is 1. The molecule has 5 atom stereocenters. The number of rotatable bonds is 12. The van der Waals surface area contributed by atoms with Gasteiger partial charge in [-0.15, -0.1) is 0 Å². The zero-order valence-electron chi connectivity index (χ0n) is 25.4. The molecule has 1 aliphatic carbocycles. The van der Waals surface area contributed by atoms with E-state index in [1.165, 1.54) is 0 Å². The van der Waals surface area contributed by atoms with E-state index in [1.54, 1.807) is 4.90 Å². The second-order valence-corrected chi connectivity index (χ2v) is 12.4. The van der Waals surface area contributed by atoms with Gasteiger partial charge in [0.05, 0.1) is 24.3 Å². The van der Waals surface area contributed by atoms with E-state index in [2.05, 4.69) is 17.4 Å². The lowest BCUT2D eigenvalue weighted by molar-refractivity contribution is -0.127. The van der Waals surface area contributed by atoms with E-state index >= 15 is 0 Å². The number of benzene rings is 4. The van der Waals surface area contributed by atoms with E-state index in [1.807, 2.05) is 108 Å². The topological polar surface area (TPSA) is 93.1 Å². The third-order valence-corrected chi connectivity index (χ3v) is 9.08. The van der Waals surface area contributed by atoms with Crippen molar-refractivity contribution < 1.29 is 19.8 Å². The largest absolute Gasteiger partial charge is 0.391 e. The van der Waals surface area contributed by atoms with Gasteiger partial charge in [-0.2, -0.15) is 0 Å². The third-order valence-electron chi connectivity index (χ3n) is 9.08. The normalized spacial score (nSPS) is 20.6. The average Bonchev–Trinajstić information content (AvgIpc) is 3.52. The number of amides is 3. The number of carbonyl (C=O) groups excluding carboxylic acids is 2. The number of β-amino-alcohol motifs (C(OH)–C–C–N with tert-alkyl or cyclic N) is 1. The summed E-state index contributed by atoms with van der Waals surface area (Å²) in [5.41, 5.74) is 5.15. The second kappa shape index (κ2) is 14.1. The Labute approximate surface area is 265 Å². The molecule has 0 saturated carbocycles. The van der Waals surface area contributed by atoms with Gasteiger partial charge in [-0.05, 0) is 47.1 Å². The number of aliphatic hydroxyl groups is 2. The van der Waals surface area contributed by atoms with Crippen molar-refractivity contribution in [2.24, 2.45) is 5.92 Å². The Balaban J connectivity index is 1.18. The minimum Gasteiger partial charge on any atom is -0.391 e. The van der Waals surface area contributed by atoms with Crippen LogP contribution in [0.1, 0.15) is 40.3 Å². The predicted octanol–water partition coefficient (Wildman–Crippen LogP) is 4.92. The van der Waals surface area contributed by atoms with E-state index in [0.29, 0.717) is 32.4 Å².